The summed E-state index contributed by atoms with van der Waals surface area (Å²) in [5.74, 6) is -0.895. The SMILES string of the molecule is CC/C=C\CC1OC1C/C=C\C/C=C\C/C=C\C/C=C\CCC(=O)OC[C@H](COP(=O)(O)OCC[N+](C)(C)C)OC(=O)CCCCCCCCCCCCCCCCCCCCCCC. The van der Waals surface area contributed by atoms with Crippen LogP contribution in [0, 0.1) is 0 Å². The third kappa shape index (κ3) is 42.7. The van der Waals surface area contributed by atoms with Crippen LogP contribution in [0.1, 0.15) is 206 Å². The highest BCUT2D eigenvalue weighted by molar-refractivity contribution is 7.47. The van der Waals surface area contributed by atoms with E-state index in [9.17, 15) is 19.0 Å². The molecule has 0 bridgehead atoms. The van der Waals surface area contributed by atoms with E-state index >= 15 is 0 Å². The number of epoxide rings is 1. The van der Waals surface area contributed by atoms with E-state index in [4.69, 9.17) is 23.3 Å². The largest absolute Gasteiger partial charge is 0.472 e. The number of esters is 2. The number of ether oxygens (including phenoxy) is 3. The summed E-state index contributed by atoms with van der Waals surface area (Å²) in [5.41, 5.74) is 0. The van der Waals surface area contributed by atoms with Gasteiger partial charge < -0.3 is 23.6 Å². The predicted octanol–water partition coefficient (Wildman–Crippen LogP) is 14.6. The Morgan fingerprint density at radius 2 is 1.02 bits per heavy atom. The minimum Gasteiger partial charge on any atom is -0.462 e. The number of unbranched alkanes of at least 4 members (excludes halogenated alkanes) is 20. The van der Waals surface area contributed by atoms with E-state index in [0.29, 0.717) is 36.1 Å². The number of carbonyl (C=O) groups excluding carboxylic acids is 2. The lowest BCUT2D eigenvalue weighted by Crippen LogP contribution is -2.37. The lowest BCUT2D eigenvalue weighted by atomic mass is 10.0. The van der Waals surface area contributed by atoms with E-state index in [2.05, 4.69) is 62.5 Å². The summed E-state index contributed by atoms with van der Waals surface area (Å²) in [4.78, 5) is 35.5. The van der Waals surface area contributed by atoms with E-state index in [1.165, 1.54) is 109 Å². The maximum atomic E-state index is 12.8. The molecule has 1 aliphatic heterocycles. The Morgan fingerprint density at radius 1 is 0.569 bits per heavy atom. The fraction of sp³-hybridized carbons (Fsp3) is 0.778. The first-order valence-electron chi connectivity index (χ1n) is 26.1. The van der Waals surface area contributed by atoms with Gasteiger partial charge in [0.05, 0.1) is 40.0 Å². The molecule has 3 unspecified atom stereocenters. The van der Waals surface area contributed by atoms with Gasteiger partial charge in [-0.3, -0.25) is 18.6 Å². The van der Waals surface area contributed by atoms with Crippen LogP contribution >= 0.6 is 7.82 Å². The smallest absolute Gasteiger partial charge is 0.462 e. The summed E-state index contributed by atoms with van der Waals surface area (Å²) in [6, 6.07) is 0. The highest BCUT2D eigenvalue weighted by Gasteiger charge is 2.36. The molecule has 10 nitrogen and oxygen atoms in total. The molecule has 0 spiro atoms. The molecule has 1 heterocycles. The molecule has 376 valence electrons. The van der Waals surface area contributed by atoms with Gasteiger partial charge in [-0.1, -0.05) is 203 Å². The number of allylic oxidation sites excluding steroid dienone is 8. The third-order valence-electron chi connectivity index (χ3n) is 11.5. The normalized spacial score (nSPS) is 17.0. The van der Waals surface area contributed by atoms with E-state index in [-0.39, 0.29) is 26.1 Å². The van der Waals surface area contributed by atoms with Gasteiger partial charge in [-0.25, -0.2) is 4.57 Å². The van der Waals surface area contributed by atoms with Crippen molar-refractivity contribution in [1.29, 1.82) is 0 Å². The molecule has 0 aromatic rings. The van der Waals surface area contributed by atoms with E-state index < -0.39 is 32.5 Å². The van der Waals surface area contributed by atoms with Crippen molar-refractivity contribution in [2.75, 3.05) is 47.5 Å². The lowest BCUT2D eigenvalue weighted by molar-refractivity contribution is -0.870. The first-order chi connectivity index (χ1) is 31.5. The number of quaternary nitrogens is 1. The summed E-state index contributed by atoms with van der Waals surface area (Å²) >= 11 is 0. The summed E-state index contributed by atoms with van der Waals surface area (Å²) in [6.45, 7) is 4.24. The number of nitrogens with zero attached hydrogens (tertiary/aromatic N) is 1. The number of phosphoric acid groups is 1. The monoisotopic (exact) mass is 935 g/mol. The second-order valence-corrected chi connectivity index (χ2v) is 20.4. The molecule has 0 radical (unpaired) electrons. The third-order valence-corrected chi connectivity index (χ3v) is 12.5. The second-order valence-electron chi connectivity index (χ2n) is 18.9. The average Bonchev–Trinajstić information content (AvgIpc) is 4.02. The van der Waals surface area contributed by atoms with Crippen molar-refractivity contribution in [1.82, 2.24) is 0 Å². The average molecular weight is 935 g/mol. The van der Waals surface area contributed by atoms with Crippen molar-refractivity contribution >= 4 is 19.8 Å². The van der Waals surface area contributed by atoms with Crippen LogP contribution in [-0.4, -0.2) is 87.1 Å². The number of rotatable bonds is 46. The van der Waals surface area contributed by atoms with Gasteiger partial charge in [-0.05, 0) is 51.4 Å². The van der Waals surface area contributed by atoms with Crippen LogP contribution in [0.3, 0.4) is 0 Å². The molecule has 1 aliphatic rings. The Morgan fingerprint density at radius 3 is 1.49 bits per heavy atom. The van der Waals surface area contributed by atoms with Crippen LogP contribution in [0.5, 0.6) is 0 Å². The first kappa shape index (κ1) is 60.7. The second kappa shape index (κ2) is 41.8. The molecule has 0 aliphatic carbocycles. The Hall–Kier alpha value is -2.33. The molecule has 0 saturated carbocycles. The van der Waals surface area contributed by atoms with Crippen molar-refractivity contribution < 1.29 is 46.8 Å². The van der Waals surface area contributed by atoms with Gasteiger partial charge >= 0.3 is 19.8 Å². The molecule has 1 fully saturated rings. The fourth-order valence-corrected chi connectivity index (χ4v) is 8.06. The van der Waals surface area contributed by atoms with Crippen molar-refractivity contribution in [2.24, 2.45) is 0 Å². The molecular weight excluding hydrogens is 838 g/mol. The molecule has 1 rings (SSSR count). The molecule has 0 aromatic carbocycles. The predicted molar refractivity (Wildman–Crippen MR) is 270 cm³/mol. The zero-order valence-corrected chi connectivity index (χ0v) is 43.0. The molecule has 11 heteroatoms. The molecule has 1 N–H and O–H groups in total. The van der Waals surface area contributed by atoms with Crippen molar-refractivity contribution in [3.05, 3.63) is 60.8 Å². The maximum Gasteiger partial charge on any atom is 0.472 e. The number of carbonyl (C=O) groups is 2. The minimum atomic E-state index is -4.40. The number of likely N-dealkylation sites (N-methyl/N-ethyl adjacent to an activating group) is 1. The zero-order valence-electron chi connectivity index (χ0n) is 42.2. The number of hydrogen-bond acceptors (Lipinski definition) is 8. The van der Waals surface area contributed by atoms with Gasteiger partial charge in [0, 0.05) is 12.8 Å². The van der Waals surface area contributed by atoms with Crippen LogP contribution in [-0.2, 0) is 37.4 Å². The van der Waals surface area contributed by atoms with Crippen LogP contribution in [0.15, 0.2) is 60.8 Å². The van der Waals surface area contributed by atoms with Gasteiger partial charge in [0.2, 0.25) is 0 Å². The summed E-state index contributed by atoms with van der Waals surface area (Å²) in [6.07, 6.45) is 54.8. The number of phosphoric ester groups is 1. The zero-order chi connectivity index (χ0) is 47.5. The van der Waals surface area contributed by atoms with Crippen LogP contribution in [0.4, 0.5) is 0 Å². The molecule has 4 atom stereocenters. The minimum absolute atomic E-state index is 0.0177. The Balaban J connectivity index is 2.24. The molecule has 65 heavy (non-hydrogen) atoms. The van der Waals surface area contributed by atoms with E-state index in [1.807, 2.05) is 33.3 Å². The van der Waals surface area contributed by atoms with Crippen LogP contribution in [0.25, 0.3) is 0 Å². The fourth-order valence-electron chi connectivity index (χ4n) is 7.32. The highest BCUT2D eigenvalue weighted by Crippen LogP contribution is 2.43. The van der Waals surface area contributed by atoms with Crippen molar-refractivity contribution in [3.63, 3.8) is 0 Å². The van der Waals surface area contributed by atoms with Crippen molar-refractivity contribution in [2.45, 2.75) is 225 Å². The molecule has 0 aromatic heterocycles. The topological polar surface area (TPSA) is 121 Å². The van der Waals surface area contributed by atoms with Gasteiger partial charge in [0.25, 0.3) is 0 Å². The molecular formula is C54H97NO9P+. The van der Waals surface area contributed by atoms with Crippen molar-refractivity contribution in [3.8, 4) is 0 Å². The lowest BCUT2D eigenvalue weighted by Gasteiger charge is -2.24. The van der Waals surface area contributed by atoms with Gasteiger partial charge in [0.15, 0.2) is 6.10 Å². The van der Waals surface area contributed by atoms with Crippen LogP contribution < -0.4 is 0 Å². The van der Waals surface area contributed by atoms with E-state index in [1.54, 1.807) is 0 Å². The Labute approximate surface area is 398 Å². The van der Waals surface area contributed by atoms with Crippen LogP contribution in [0.2, 0.25) is 0 Å². The summed E-state index contributed by atoms with van der Waals surface area (Å²) in [7, 11) is 1.43. The quantitative estimate of drug-likeness (QED) is 0.0159. The summed E-state index contributed by atoms with van der Waals surface area (Å²) < 4.78 is 40.1. The maximum absolute atomic E-state index is 12.8. The highest BCUT2D eigenvalue weighted by atomic mass is 31.2. The molecule has 0 amide bonds. The standard InChI is InChI=1S/C54H96NO9P/c1-6-8-10-11-12-13-14-15-16-17-18-19-20-21-22-23-28-31-34-37-41-45-54(57)63-50(49-62-65(58,59)61-47-46-55(3,4)5)48-60-53(56)44-40-36-33-30-27-25-24-26-29-32-35-39-43-52-51(64-52)42-38-9-7-2/h9,25-27,29,33,35-36,38-39,50-52H,6-8,10-24,28,30-32,34,37,40-49H2,1-5H3/p+1/b27-25-,29-26-,36-33-,38-9-,39-35-/t50-,51?,52?/m1/s1. The Bertz CT molecular complexity index is 1350. The van der Waals surface area contributed by atoms with E-state index in [0.717, 1.165) is 57.8 Å². The number of hydrogen-bond donors (Lipinski definition) is 1. The molecule has 1 saturated heterocycles. The van der Waals surface area contributed by atoms with Gasteiger partial charge in [-0.2, -0.15) is 0 Å². The van der Waals surface area contributed by atoms with Gasteiger partial charge in [0.1, 0.15) is 19.8 Å². The first-order valence-corrected chi connectivity index (χ1v) is 27.6. The van der Waals surface area contributed by atoms with Gasteiger partial charge in [-0.15, -0.1) is 0 Å². The Kier molecular flexibility index (Phi) is 39.0. The summed E-state index contributed by atoms with van der Waals surface area (Å²) in [5, 5.41) is 0.